The van der Waals surface area contributed by atoms with Crippen LogP contribution < -0.4 is 0 Å². The van der Waals surface area contributed by atoms with Crippen molar-refractivity contribution in [2.45, 2.75) is 106 Å². The Bertz CT molecular complexity index is 267. The van der Waals surface area contributed by atoms with Gasteiger partial charge in [-0.25, -0.2) is 0 Å². The van der Waals surface area contributed by atoms with Gasteiger partial charge < -0.3 is 9.47 Å². The van der Waals surface area contributed by atoms with E-state index >= 15 is 0 Å². The van der Waals surface area contributed by atoms with E-state index in [4.69, 9.17) is 9.47 Å². The fourth-order valence-corrected chi connectivity index (χ4v) is 4.15. The average Bonchev–Trinajstić information content (AvgIpc) is 2.53. The van der Waals surface area contributed by atoms with E-state index in [0.717, 1.165) is 49.7 Å². The maximum absolute atomic E-state index is 5.58. The van der Waals surface area contributed by atoms with E-state index in [1.807, 2.05) is 0 Å². The maximum atomic E-state index is 5.58. The molecule has 4 unspecified atom stereocenters. The SMILES string of the molecule is CCCCCOCOCCCC(C)CC(C)CC(C)CC(C)CCC. The lowest BCUT2D eigenvalue weighted by Gasteiger charge is -2.22. The first-order valence-corrected chi connectivity index (χ1v) is 11.1. The van der Waals surface area contributed by atoms with E-state index in [2.05, 4.69) is 41.5 Å². The summed E-state index contributed by atoms with van der Waals surface area (Å²) in [6.45, 7) is 16.4. The Labute approximate surface area is 159 Å². The van der Waals surface area contributed by atoms with Crippen LogP contribution in [0.5, 0.6) is 0 Å². The lowest BCUT2D eigenvalue weighted by atomic mass is 9.84. The van der Waals surface area contributed by atoms with Gasteiger partial charge in [-0.2, -0.15) is 0 Å². The Hall–Kier alpha value is -0.0800. The van der Waals surface area contributed by atoms with Crippen LogP contribution in [0.2, 0.25) is 0 Å². The number of ether oxygens (including phenoxy) is 2. The summed E-state index contributed by atoms with van der Waals surface area (Å²) < 4.78 is 11.1. The van der Waals surface area contributed by atoms with Crippen LogP contribution in [0.1, 0.15) is 106 Å². The molecule has 0 amide bonds. The molecule has 0 aliphatic rings. The average molecular weight is 357 g/mol. The van der Waals surface area contributed by atoms with Crippen LogP contribution in [-0.2, 0) is 9.47 Å². The third-order valence-corrected chi connectivity index (χ3v) is 5.24. The van der Waals surface area contributed by atoms with Crippen LogP contribution in [0.25, 0.3) is 0 Å². The van der Waals surface area contributed by atoms with Crippen molar-refractivity contribution in [2.75, 3.05) is 20.0 Å². The van der Waals surface area contributed by atoms with Crippen LogP contribution >= 0.6 is 0 Å². The van der Waals surface area contributed by atoms with Gasteiger partial charge in [0.15, 0.2) is 0 Å². The van der Waals surface area contributed by atoms with Crippen LogP contribution in [0, 0.1) is 23.7 Å². The fourth-order valence-electron chi connectivity index (χ4n) is 4.15. The van der Waals surface area contributed by atoms with Crippen molar-refractivity contribution in [1.29, 1.82) is 0 Å². The van der Waals surface area contributed by atoms with Gasteiger partial charge in [0.25, 0.3) is 0 Å². The predicted octanol–water partition coefficient (Wildman–Crippen LogP) is 7.46. The molecule has 0 saturated heterocycles. The summed E-state index contributed by atoms with van der Waals surface area (Å²) in [7, 11) is 0. The highest BCUT2D eigenvalue weighted by atomic mass is 16.7. The van der Waals surface area contributed by atoms with Gasteiger partial charge in [-0.05, 0) is 62.2 Å². The zero-order valence-corrected chi connectivity index (χ0v) is 18.3. The molecule has 0 radical (unpaired) electrons. The molecule has 0 aromatic carbocycles. The second kappa shape index (κ2) is 17.3. The summed E-state index contributed by atoms with van der Waals surface area (Å²) in [5, 5.41) is 0. The van der Waals surface area contributed by atoms with Crippen molar-refractivity contribution in [2.24, 2.45) is 23.7 Å². The highest BCUT2D eigenvalue weighted by Gasteiger charge is 2.14. The first-order valence-electron chi connectivity index (χ1n) is 11.1. The predicted molar refractivity (Wildman–Crippen MR) is 111 cm³/mol. The van der Waals surface area contributed by atoms with E-state index in [0.29, 0.717) is 6.79 Å². The molecular formula is C23H48O2. The third kappa shape index (κ3) is 17.1. The second-order valence-electron chi connectivity index (χ2n) is 8.70. The topological polar surface area (TPSA) is 18.5 Å². The summed E-state index contributed by atoms with van der Waals surface area (Å²) in [6.07, 6.45) is 13.0. The molecule has 4 atom stereocenters. The number of hydrogen-bond acceptors (Lipinski definition) is 2. The molecule has 2 heteroatoms. The summed E-state index contributed by atoms with van der Waals surface area (Å²) in [5.74, 6) is 3.42. The molecule has 25 heavy (non-hydrogen) atoms. The molecule has 0 aliphatic carbocycles. The van der Waals surface area contributed by atoms with Crippen molar-refractivity contribution in [1.82, 2.24) is 0 Å². The van der Waals surface area contributed by atoms with Crippen LogP contribution in [0.3, 0.4) is 0 Å². The molecule has 0 N–H and O–H groups in total. The van der Waals surface area contributed by atoms with Crippen molar-refractivity contribution in [3.63, 3.8) is 0 Å². The van der Waals surface area contributed by atoms with Gasteiger partial charge in [-0.3, -0.25) is 0 Å². The van der Waals surface area contributed by atoms with E-state index in [1.54, 1.807) is 0 Å². The smallest absolute Gasteiger partial charge is 0.146 e. The van der Waals surface area contributed by atoms with Crippen molar-refractivity contribution in [3.05, 3.63) is 0 Å². The molecular weight excluding hydrogens is 308 g/mol. The highest BCUT2D eigenvalue weighted by molar-refractivity contribution is 4.66. The zero-order chi connectivity index (χ0) is 18.9. The molecule has 152 valence electrons. The quantitative estimate of drug-likeness (QED) is 0.187. The first-order chi connectivity index (χ1) is 12.0. The van der Waals surface area contributed by atoms with E-state index in [1.165, 1.54) is 51.4 Å². The monoisotopic (exact) mass is 356 g/mol. The van der Waals surface area contributed by atoms with Gasteiger partial charge in [0.1, 0.15) is 6.79 Å². The highest BCUT2D eigenvalue weighted by Crippen LogP contribution is 2.26. The van der Waals surface area contributed by atoms with Crippen molar-refractivity contribution >= 4 is 0 Å². The Balaban J connectivity index is 3.56. The summed E-state index contributed by atoms with van der Waals surface area (Å²) >= 11 is 0. The molecule has 0 fully saturated rings. The second-order valence-corrected chi connectivity index (χ2v) is 8.70. The first kappa shape index (κ1) is 24.9. The normalized spacial score (nSPS) is 16.6. The molecule has 0 rings (SSSR count). The maximum Gasteiger partial charge on any atom is 0.146 e. The number of hydrogen-bond donors (Lipinski definition) is 0. The van der Waals surface area contributed by atoms with Crippen molar-refractivity contribution in [3.8, 4) is 0 Å². The van der Waals surface area contributed by atoms with E-state index in [-0.39, 0.29) is 0 Å². The summed E-state index contributed by atoms with van der Waals surface area (Å²) in [5.41, 5.74) is 0. The lowest BCUT2D eigenvalue weighted by Crippen LogP contribution is -2.11. The van der Waals surface area contributed by atoms with Gasteiger partial charge in [-0.15, -0.1) is 0 Å². The molecule has 0 spiro atoms. The largest absolute Gasteiger partial charge is 0.355 e. The molecule has 0 aliphatic heterocycles. The standard InChI is InChI=1S/C23H48O2/c1-7-9-10-14-24-19-25-15-11-13-21(4)17-23(6)18-22(5)16-20(3)12-8-2/h20-23H,7-19H2,1-6H3. The van der Waals surface area contributed by atoms with Crippen LogP contribution in [0.15, 0.2) is 0 Å². The Kier molecular flexibility index (Phi) is 17.3. The van der Waals surface area contributed by atoms with Crippen molar-refractivity contribution < 1.29 is 9.47 Å². The molecule has 0 saturated carbocycles. The lowest BCUT2D eigenvalue weighted by molar-refractivity contribution is -0.0561. The Morgan fingerprint density at radius 2 is 1.08 bits per heavy atom. The number of unbranched alkanes of at least 4 members (excludes halogenated alkanes) is 2. The Morgan fingerprint density at radius 3 is 1.64 bits per heavy atom. The number of rotatable bonds is 18. The van der Waals surface area contributed by atoms with Gasteiger partial charge in [0.2, 0.25) is 0 Å². The van der Waals surface area contributed by atoms with E-state index < -0.39 is 0 Å². The minimum Gasteiger partial charge on any atom is -0.355 e. The zero-order valence-electron chi connectivity index (χ0n) is 18.3. The van der Waals surface area contributed by atoms with Crippen LogP contribution in [0.4, 0.5) is 0 Å². The van der Waals surface area contributed by atoms with Crippen LogP contribution in [-0.4, -0.2) is 20.0 Å². The fraction of sp³-hybridized carbons (Fsp3) is 1.00. The molecule has 0 bridgehead atoms. The minimum absolute atomic E-state index is 0.474. The van der Waals surface area contributed by atoms with Gasteiger partial charge in [0, 0.05) is 13.2 Å². The molecule has 0 aromatic rings. The Morgan fingerprint density at radius 1 is 0.560 bits per heavy atom. The minimum atomic E-state index is 0.474. The summed E-state index contributed by atoms with van der Waals surface area (Å²) in [4.78, 5) is 0. The van der Waals surface area contributed by atoms with Gasteiger partial charge >= 0.3 is 0 Å². The van der Waals surface area contributed by atoms with Gasteiger partial charge in [0.05, 0.1) is 0 Å². The molecule has 0 heterocycles. The molecule has 2 nitrogen and oxygen atoms in total. The third-order valence-electron chi connectivity index (χ3n) is 5.24. The molecule has 0 aromatic heterocycles. The van der Waals surface area contributed by atoms with Gasteiger partial charge in [-0.1, -0.05) is 67.2 Å². The summed E-state index contributed by atoms with van der Waals surface area (Å²) in [6, 6.07) is 0. The van der Waals surface area contributed by atoms with E-state index in [9.17, 15) is 0 Å².